The zero-order chi connectivity index (χ0) is 42.3. The van der Waals surface area contributed by atoms with Crippen molar-refractivity contribution in [2.75, 3.05) is 6.54 Å². The van der Waals surface area contributed by atoms with Crippen LogP contribution in [-0.2, 0) is 19.1 Å². The molecule has 0 aromatic rings. The number of unbranched alkanes of at least 4 members (excludes halogenated alkanes) is 11. The molecule has 0 heterocycles. The zero-order valence-electron chi connectivity index (χ0n) is 36.8. The second-order valence-corrected chi connectivity index (χ2v) is 14.9. The molecule has 0 saturated carbocycles. The second-order valence-electron chi connectivity index (χ2n) is 14.9. The van der Waals surface area contributed by atoms with E-state index in [-0.39, 0.29) is 24.5 Å². The fourth-order valence-corrected chi connectivity index (χ4v) is 6.12. The minimum Gasteiger partial charge on any atom is -0.480 e. The Balaban J connectivity index is 4.30. The number of ether oxygens (including phenoxy) is 1. The maximum atomic E-state index is 12.8. The molecule has 58 heavy (non-hydrogen) atoms. The second kappa shape index (κ2) is 45.8. The highest BCUT2D eigenvalue weighted by Gasteiger charge is 2.14. The van der Waals surface area contributed by atoms with Gasteiger partial charge in [0, 0.05) is 12.8 Å². The number of aliphatic carboxylic acids is 1. The van der Waals surface area contributed by atoms with Crippen molar-refractivity contribution in [2.24, 2.45) is 0 Å². The number of carbonyl (C=O) groups is 3. The number of hydrogen-bond acceptors (Lipinski definition) is 4. The summed E-state index contributed by atoms with van der Waals surface area (Å²) in [5.41, 5.74) is 0. The van der Waals surface area contributed by atoms with Gasteiger partial charge in [0.1, 0.15) is 12.6 Å². The number of carboxylic acid groups (broad SMARTS) is 1. The van der Waals surface area contributed by atoms with Gasteiger partial charge in [-0.2, -0.15) is 0 Å². The van der Waals surface area contributed by atoms with Gasteiger partial charge in [0.15, 0.2) is 0 Å². The van der Waals surface area contributed by atoms with Crippen molar-refractivity contribution in [1.29, 1.82) is 0 Å². The van der Waals surface area contributed by atoms with Crippen LogP contribution >= 0.6 is 0 Å². The predicted molar refractivity (Wildman–Crippen MR) is 249 cm³/mol. The first-order valence-corrected chi connectivity index (χ1v) is 23.0. The lowest BCUT2D eigenvalue weighted by molar-refractivity contribution is -0.150. The van der Waals surface area contributed by atoms with Crippen molar-refractivity contribution in [2.45, 2.75) is 193 Å². The third-order valence-electron chi connectivity index (χ3n) is 9.44. The van der Waals surface area contributed by atoms with Crippen molar-refractivity contribution < 1.29 is 24.2 Å². The molecule has 0 rings (SSSR count). The van der Waals surface area contributed by atoms with Gasteiger partial charge in [0.25, 0.3) is 0 Å². The lowest BCUT2D eigenvalue weighted by Crippen LogP contribution is -2.28. The van der Waals surface area contributed by atoms with E-state index in [9.17, 15) is 14.4 Å². The van der Waals surface area contributed by atoms with E-state index in [0.717, 1.165) is 148 Å². The minimum absolute atomic E-state index is 0.0322. The quantitative estimate of drug-likeness (QED) is 0.0366. The summed E-state index contributed by atoms with van der Waals surface area (Å²) in [6.45, 7) is 3.99. The number of amides is 1. The molecule has 0 aliphatic heterocycles. The molecule has 0 aliphatic rings. The Morgan fingerprint density at radius 3 is 1.24 bits per heavy atom. The smallest absolute Gasteiger partial charge is 0.322 e. The van der Waals surface area contributed by atoms with Crippen LogP contribution in [0.2, 0.25) is 0 Å². The first kappa shape index (κ1) is 54.1. The standard InChI is InChI=1S/C52H83NO5/c1-3-5-7-9-11-13-15-17-19-20-21-22-23-24-26-28-30-32-34-39-43-47-52(57)58-49(45-41-37-35-38-42-46-50(54)53-48-51(55)56)44-40-36-33-31-29-27-25-18-16-14-12-10-8-6-4-2/h5-8,11-14,17-19,21-22,24-26,29,31,49H,3-4,9-10,15-16,20,23,27-28,30,32-48H2,1-2H3,(H,53,54)(H,55,56)/b7-5-,8-6-,13-11-,14-12-,19-17-,22-21-,25-18-,26-24-,31-29-. The molecule has 0 aliphatic carbocycles. The van der Waals surface area contributed by atoms with Gasteiger partial charge in [0.2, 0.25) is 5.91 Å². The molecule has 0 saturated heterocycles. The maximum Gasteiger partial charge on any atom is 0.322 e. The third kappa shape index (κ3) is 44.8. The van der Waals surface area contributed by atoms with Gasteiger partial charge >= 0.3 is 11.9 Å². The average molecular weight is 802 g/mol. The average Bonchev–Trinajstić information content (AvgIpc) is 3.21. The Kier molecular flexibility index (Phi) is 42.7. The molecule has 0 bridgehead atoms. The van der Waals surface area contributed by atoms with Gasteiger partial charge in [-0.15, -0.1) is 0 Å². The van der Waals surface area contributed by atoms with Crippen LogP contribution in [0.15, 0.2) is 109 Å². The van der Waals surface area contributed by atoms with Crippen LogP contribution in [0.3, 0.4) is 0 Å². The molecule has 0 fully saturated rings. The molecule has 0 aromatic carbocycles. The van der Waals surface area contributed by atoms with Crippen LogP contribution in [0.25, 0.3) is 0 Å². The van der Waals surface area contributed by atoms with E-state index in [1.54, 1.807) is 0 Å². The maximum absolute atomic E-state index is 12.8. The van der Waals surface area contributed by atoms with Gasteiger partial charge in [0.05, 0.1) is 0 Å². The Bertz CT molecular complexity index is 1250. The van der Waals surface area contributed by atoms with Crippen LogP contribution < -0.4 is 5.32 Å². The lowest BCUT2D eigenvalue weighted by atomic mass is 10.0. The van der Waals surface area contributed by atoms with E-state index in [1.165, 1.54) is 12.8 Å². The van der Waals surface area contributed by atoms with Crippen molar-refractivity contribution in [3.63, 3.8) is 0 Å². The molecule has 6 nitrogen and oxygen atoms in total. The molecule has 1 amide bonds. The predicted octanol–water partition coefficient (Wildman–Crippen LogP) is 14.7. The number of carbonyl (C=O) groups excluding carboxylic acids is 2. The fourth-order valence-electron chi connectivity index (χ4n) is 6.12. The summed E-state index contributed by atoms with van der Waals surface area (Å²) in [6, 6.07) is 0. The largest absolute Gasteiger partial charge is 0.480 e. The topological polar surface area (TPSA) is 92.7 Å². The Hall–Kier alpha value is -3.93. The highest BCUT2D eigenvalue weighted by molar-refractivity contribution is 5.80. The lowest BCUT2D eigenvalue weighted by Gasteiger charge is -2.18. The summed E-state index contributed by atoms with van der Waals surface area (Å²) >= 11 is 0. The number of hydrogen-bond donors (Lipinski definition) is 2. The number of rotatable bonds is 40. The van der Waals surface area contributed by atoms with Crippen LogP contribution in [0, 0.1) is 0 Å². The van der Waals surface area contributed by atoms with Crippen LogP contribution in [-0.4, -0.2) is 35.6 Å². The van der Waals surface area contributed by atoms with Gasteiger partial charge < -0.3 is 15.2 Å². The monoisotopic (exact) mass is 802 g/mol. The first-order valence-electron chi connectivity index (χ1n) is 23.0. The number of nitrogens with one attached hydrogen (secondary N) is 1. The highest BCUT2D eigenvalue weighted by Crippen LogP contribution is 2.18. The van der Waals surface area contributed by atoms with Crippen LogP contribution in [0.1, 0.15) is 187 Å². The Labute approximate surface area is 355 Å². The highest BCUT2D eigenvalue weighted by atomic mass is 16.5. The molecule has 1 unspecified atom stereocenters. The van der Waals surface area contributed by atoms with E-state index >= 15 is 0 Å². The van der Waals surface area contributed by atoms with Crippen molar-refractivity contribution in [1.82, 2.24) is 5.32 Å². The minimum atomic E-state index is -1.03. The molecule has 0 spiro atoms. The normalized spacial score (nSPS) is 13.1. The molecule has 0 radical (unpaired) electrons. The van der Waals surface area contributed by atoms with Gasteiger partial charge in [-0.05, 0) is 122 Å². The molecule has 2 N–H and O–H groups in total. The SMILES string of the molecule is CC/C=C\C/C=C\C/C=C\C/C=C\C/C=C\CCCCCCCC(=O)OC(CCCC/C=C\C/C=C\C/C=C\C/C=C\CC)CCCCCCCC(=O)NCC(=O)O. The Morgan fingerprint density at radius 1 is 0.448 bits per heavy atom. The molecular formula is C52H83NO5. The van der Waals surface area contributed by atoms with E-state index in [2.05, 4.69) is 129 Å². The van der Waals surface area contributed by atoms with Gasteiger partial charge in [-0.3, -0.25) is 14.4 Å². The summed E-state index contributed by atoms with van der Waals surface area (Å²) in [5.74, 6) is -1.29. The van der Waals surface area contributed by atoms with E-state index in [0.29, 0.717) is 12.8 Å². The van der Waals surface area contributed by atoms with E-state index < -0.39 is 5.97 Å². The number of esters is 1. The number of allylic oxidation sites excluding steroid dienone is 18. The molecule has 326 valence electrons. The zero-order valence-corrected chi connectivity index (χ0v) is 36.8. The van der Waals surface area contributed by atoms with Crippen LogP contribution in [0.4, 0.5) is 0 Å². The molecule has 0 aromatic heterocycles. The molecular weight excluding hydrogens is 719 g/mol. The van der Waals surface area contributed by atoms with Crippen molar-refractivity contribution >= 4 is 17.8 Å². The summed E-state index contributed by atoms with van der Waals surface area (Å²) in [6.07, 6.45) is 66.4. The number of carboxylic acids is 1. The first-order chi connectivity index (χ1) is 28.5. The van der Waals surface area contributed by atoms with E-state index in [4.69, 9.17) is 9.84 Å². The van der Waals surface area contributed by atoms with Crippen LogP contribution in [0.5, 0.6) is 0 Å². The summed E-state index contributed by atoms with van der Waals surface area (Å²) < 4.78 is 6.02. The van der Waals surface area contributed by atoms with Crippen molar-refractivity contribution in [3.05, 3.63) is 109 Å². The molecule has 6 heteroatoms. The molecule has 1 atom stereocenters. The van der Waals surface area contributed by atoms with Gasteiger partial charge in [-0.1, -0.05) is 162 Å². The summed E-state index contributed by atoms with van der Waals surface area (Å²) in [7, 11) is 0. The Morgan fingerprint density at radius 2 is 0.793 bits per heavy atom. The summed E-state index contributed by atoms with van der Waals surface area (Å²) in [5, 5.41) is 11.1. The fraction of sp³-hybridized carbons (Fsp3) is 0.596. The van der Waals surface area contributed by atoms with Crippen molar-refractivity contribution in [3.8, 4) is 0 Å². The van der Waals surface area contributed by atoms with E-state index in [1.807, 2.05) is 0 Å². The van der Waals surface area contributed by atoms with Gasteiger partial charge in [-0.25, -0.2) is 0 Å². The third-order valence-corrected chi connectivity index (χ3v) is 9.44. The summed E-state index contributed by atoms with van der Waals surface area (Å²) in [4.78, 5) is 35.1.